The SMILES string of the molecule is COc1cc2c(c(-c3ccc(OCc4ccccc4)c4c(OC)cc(CO[Si](C(C)C)(C(C)C)C(C)C)cc34)c1OC)C[C@@H](CO)N(C(=O)C(C)(C)C)[C@H]2C. The standard InChI is InChI=1S/C46H63NO7Si/c1-28(2)55(29(3)4,30(5)6)54-27-33-21-37-35(19-20-39(43(37)40(22-33)50-11)53-26-32-17-15-14-16-18-32)42-38-23-34(25-48)47(45(49)46(8,9)10)31(7)36(38)24-41(51-12)44(42)52-13/h14-22,24,28-31,34,48H,23,25-27H2,1-13H3/t31-,34-/m0/s1. The van der Waals surface area contributed by atoms with Gasteiger partial charge in [-0.15, -0.1) is 0 Å². The van der Waals surface area contributed by atoms with Crippen molar-refractivity contribution in [3.63, 3.8) is 0 Å². The highest BCUT2D eigenvalue weighted by Gasteiger charge is 2.45. The number of methoxy groups -OCH3 is 3. The molecule has 1 amide bonds. The quantitative estimate of drug-likeness (QED) is 0.128. The first kappa shape index (κ1) is 42.1. The average Bonchev–Trinajstić information content (AvgIpc) is 3.15. The lowest BCUT2D eigenvalue weighted by Gasteiger charge is -2.45. The molecule has 9 heteroatoms. The number of carbonyl (C=O) groups excluding carboxylic acids is 1. The minimum Gasteiger partial charge on any atom is -0.496 e. The van der Waals surface area contributed by atoms with Gasteiger partial charge in [0.25, 0.3) is 0 Å². The Kier molecular flexibility index (Phi) is 13.0. The number of aliphatic hydroxyl groups excluding tert-OH is 1. The van der Waals surface area contributed by atoms with Crippen LogP contribution in [-0.2, 0) is 28.9 Å². The lowest BCUT2D eigenvalue weighted by molar-refractivity contribution is -0.146. The Labute approximate surface area is 330 Å². The van der Waals surface area contributed by atoms with Crippen LogP contribution in [0.1, 0.15) is 97.5 Å². The van der Waals surface area contributed by atoms with Crippen molar-refractivity contribution in [2.75, 3.05) is 27.9 Å². The van der Waals surface area contributed by atoms with Gasteiger partial charge in [-0.05, 0) is 93.5 Å². The Morgan fingerprint density at radius 3 is 2.00 bits per heavy atom. The van der Waals surface area contributed by atoms with Crippen molar-refractivity contribution in [1.29, 1.82) is 0 Å². The van der Waals surface area contributed by atoms with E-state index in [0.29, 0.717) is 59.3 Å². The summed E-state index contributed by atoms with van der Waals surface area (Å²) in [5, 5.41) is 12.6. The molecule has 0 spiro atoms. The van der Waals surface area contributed by atoms with E-state index in [2.05, 4.69) is 71.9 Å². The molecule has 4 aromatic carbocycles. The maximum absolute atomic E-state index is 13.9. The number of hydrogen-bond donors (Lipinski definition) is 1. The summed E-state index contributed by atoms with van der Waals surface area (Å²) in [7, 11) is 2.80. The second-order valence-electron chi connectivity index (χ2n) is 16.9. The maximum Gasteiger partial charge on any atom is 0.228 e. The van der Waals surface area contributed by atoms with Crippen LogP contribution in [0, 0.1) is 5.41 Å². The molecule has 8 nitrogen and oxygen atoms in total. The van der Waals surface area contributed by atoms with Crippen LogP contribution in [0.5, 0.6) is 23.0 Å². The molecule has 2 atom stereocenters. The molecular weight excluding hydrogens is 707 g/mol. The molecular formula is C46H63NO7Si. The van der Waals surface area contributed by atoms with E-state index in [9.17, 15) is 9.90 Å². The fourth-order valence-corrected chi connectivity index (χ4v) is 14.5. The summed E-state index contributed by atoms with van der Waals surface area (Å²) in [5.74, 6) is 2.53. The van der Waals surface area contributed by atoms with Gasteiger partial charge in [-0.2, -0.15) is 0 Å². The van der Waals surface area contributed by atoms with Gasteiger partial charge in [0.15, 0.2) is 11.5 Å². The number of ether oxygens (including phenoxy) is 4. The van der Waals surface area contributed by atoms with Crippen LogP contribution in [0.2, 0.25) is 16.6 Å². The Bertz CT molecular complexity index is 1950. The Morgan fingerprint density at radius 2 is 1.45 bits per heavy atom. The summed E-state index contributed by atoms with van der Waals surface area (Å²) >= 11 is 0. The van der Waals surface area contributed by atoms with Crippen LogP contribution >= 0.6 is 0 Å². The van der Waals surface area contributed by atoms with E-state index in [-0.39, 0.29) is 18.6 Å². The third kappa shape index (κ3) is 7.98. The van der Waals surface area contributed by atoms with Gasteiger partial charge in [0.2, 0.25) is 14.2 Å². The van der Waals surface area contributed by atoms with Crippen molar-refractivity contribution in [3.8, 4) is 34.1 Å². The van der Waals surface area contributed by atoms with Crippen LogP contribution in [0.25, 0.3) is 21.9 Å². The van der Waals surface area contributed by atoms with Crippen LogP contribution < -0.4 is 18.9 Å². The summed E-state index contributed by atoms with van der Waals surface area (Å²) in [6.45, 7) is 22.3. The number of fused-ring (bicyclic) bond motifs is 2. The van der Waals surface area contributed by atoms with Crippen molar-refractivity contribution in [2.45, 2.75) is 118 Å². The molecule has 1 heterocycles. The molecule has 4 aromatic rings. The Hall–Kier alpha value is -4.05. The van der Waals surface area contributed by atoms with Gasteiger partial charge in [0, 0.05) is 11.0 Å². The van der Waals surface area contributed by atoms with Crippen LogP contribution in [0.15, 0.2) is 60.7 Å². The third-order valence-corrected chi connectivity index (χ3v) is 17.7. The fraction of sp³-hybridized carbons (Fsp3) is 0.500. The molecule has 0 radical (unpaired) electrons. The normalized spacial score (nSPS) is 16.2. The topological polar surface area (TPSA) is 86.7 Å². The van der Waals surface area contributed by atoms with Gasteiger partial charge in [-0.25, -0.2) is 0 Å². The Morgan fingerprint density at radius 1 is 0.818 bits per heavy atom. The highest BCUT2D eigenvalue weighted by atomic mass is 28.4. The van der Waals surface area contributed by atoms with E-state index >= 15 is 0 Å². The molecule has 1 aliphatic heterocycles. The summed E-state index contributed by atoms with van der Waals surface area (Å²) in [5.41, 5.74) is 6.47. The minimum atomic E-state index is -2.20. The fourth-order valence-electron chi connectivity index (χ4n) is 9.11. The summed E-state index contributed by atoms with van der Waals surface area (Å²) in [4.78, 5) is 15.8. The number of carbonyl (C=O) groups is 1. The summed E-state index contributed by atoms with van der Waals surface area (Å²) in [6, 6.07) is 19.7. The van der Waals surface area contributed by atoms with Gasteiger partial charge in [0.05, 0.1) is 52.0 Å². The number of benzene rings is 4. The van der Waals surface area contributed by atoms with E-state index in [1.165, 1.54) is 0 Å². The number of rotatable bonds is 14. The molecule has 0 fully saturated rings. The van der Waals surface area contributed by atoms with Crippen molar-refractivity contribution in [3.05, 3.63) is 82.9 Å². The summed E-state index contributed by atoms with van der Waals surface area (Å²) in [6.07, 6.45) is 0.437. The monoisotopic (exact) mass is 769 g/mol. The molecule has 0 aliphatic carbocycles. The van der Waals surface area contributed by atoms with Gasteiger partial charge in [0.1, 0.15) is 18.1 Å². The van der Waals surface area contributed by atoms with Crippen LogP contribution in [0.3, 0.4) is 0 Å². The maximum atomic E-state index is 13.9. The molecule has 1 aliphatic rings. The molecule has 0 unspecified atom stereocenters. The second-order valence-corrected chi connectivity index (χ2v) is 22.4. The van der Waals surface area contributed by atoms with E-state index in [4.69, 9.17) is 23.4 Å². The second kappa shape index (κ2) is 17.0. The molecule has 0 bridgehead atoms. The zero-order valence-corrected chi connectivity index (χ0v) is 36.3. The molecule has 0 aromatic heterocycles. The molecule has 0 saturated carbocycles. The number of aliphatic hydroxyl groups is 1. The van der Waals surface area contributed by atoms with Crippen molar-refractivity contribution in [1.82, 2.24) is 4.90 Å². The summed E-state index contributed by atoms with van der Waals surface area (Å²) < 4.78 is 32.2. The van der Waals surface area contributed by atoms with E-state index in [1.54, 1.807) is 21.3 Å². The van der Waals surface area contributed by atoms with Crippen LogP contribution in [0.4, 0.5) is 0 Å². The molecule has 55 heavy (non-hydrogen) atoms. The number of hydrogen-bond acceptors (Lipinski definition) is 7. The predicted molar refractivity (Wildman–Crippen MR) is 225 cm³/mol. The lowest BCUT2D eigenvalue weighted by atomic mass is 9.80. The van der Waals surface area contributed by atoms with E-state index in [1.807, 2.05) is 62.9 Å². The largest absolute Gasteiger partial charge is 0.496 e. The van der Waals surface area contributed by atoms with Gasteiger partial charge in [-0.1, -0.05) is 92.6 Å². The van der Waals surface area contributed by atoms with E-state index in [0.717, 1.165) is 44.2 Å². The average molecular weight is 770 g/mol. The van der Waals surface area contributed by atoms with Crippen molar-refractivity contribution in [2.24, 2.45) is 5.41 Å². The highest BCUT2D eigenvalue weighted by molar-refractivity contribution is 6.77. The smallest absolute Gasteiger partial charge is 0.228 e. The minimum absolute atomic E-state index is 0.00963. The zero-order chi connectivity index (χ0) is 40.4. The third-order valence-electron chi connectivity index (χ3n) is 11.6. The molecule has 1 N–H and O–H groups in total. The first-order valence-corrected chi connectivity index (χ1v) is 21.9. The van der Waals surface area contributed by atoms with Gasteiger partial charge in [-0.3, -0.25) is 4.79 Å². The van der Waals surface area contributed by atoms with Crippen molar-refractivity contribution >= 4 is 25.0 Å². The first-order valence-electron chi connectivity index (χ1n) is 19.7. The molecule has 5 rings (SSSR count). The predicted octanol–water partition coefficient (Wildman–Crippen LogP) is 10.7. The lowest BCUT2D eigenvalue weighted by Crippen LogP contribution is -2.52. The Balaban J connectivity index is 1.80. The molecule has 0 saturated heterocycles. The van der Waals surface area contributed by atoms with Gasteiger partial charge >= 0.3 is 0 Å². The highest BCUT2D eigenvalue weighted by Crippen LogP contribution is 2.52. The van der Waals surface area contributed by atoms with Gasteiger partial charge < -0.3 is 33.4 Å². The first-order chi connectivity index (χ1) is 26.0. The number of amides is 1. The van der Waals surface area contributed by atoms with E-state index < -0.39 is 19.8 Å². The van der Waals surface area contributed by atoms with Crippen molar-refractivity contribution < 1.29 is 33.3 Å². The van der Waals surface area contributed by atoms with Crippen LogP contribution in [-0.4, -0.2) is 58.2 Å². The number of nitrogens with zero attached hydrogens (tertiary/aromatic N) is 1. The zero-order valence-electron chi connectivity index (χ0n) is 35.3. The molecule has 298 valence electrons.